The number of hydrogen-bond acceptors (Lipinski definition) is 1. The van der Waals surface area contributed by atoms with Crippen molar-refractivity contribution in [3.05, 3.63) is 95.6 Å². The number of allylic oxidation sites excluding steroid dienone is 5. The van der Waals surface area contributed by atoms with Crippen molar-refractivity contribution in [1.29, 1.82) is 0 Å². The van der Waals surface area contributed by atoms with Gasteiger partial charge >= 0.3 is 0 Å². The minimum Gasteiger partial charge on any atom is -0.375 e. The second-order valence-corrected chi connectivity index (χ2v) is 7.50. The fourth-order valence-corrected chi connectivity index (χ4v) is 3.44. The van der Waals surface area contributed by atoms with E-state index in [1.165, 1.54) is 46.5 Å². The normalized spacial score (nSPS) is 13.0. The van der Waals surface area contributed by atoms with Crippen LogP contribution in [0.4, 0.5) is 5.69 Å². The van der Waals surface area contributed by atoms with Crippen molar-refractivity contribution in [2.75, 3.05) is 32.6 Å². The van der Waals surface area contributed by atoms with Gasteiger partial charge in [-0.3, -0.25) is 0 Å². The molecule has 2 nitrogen and oxygen atoms in total. The van der Waals surface area contributed by atoms with Gasteiger partial charge in [0.2, 0.25) is 0 Å². The van der Waals surface area contributed by atoms with Crippen LogP contribution in [0.2, 0.25) is 0 Å². The van der Waals surface area contributed by atoms with Crippen molar-refractivity contribution in [2.24, 2.45) is 0 Å². The van der Waals surface area contributed by atoms with Crippen LogP contribution in [-0.2, 0) is 0 Å². The Labute approximate surface area is 169 Å². The Hall–Kier alpha value is -2.87. The standard InChI is InChI=1S/C26H31N2/c1-5-6-20-28(4)25-18-14-23(15-19-25)26(21-10-8-7-9-11-21)22-12-16-24(17-13-22)27(2)3/h7-19H,5-6,20H2,1-4H3/q+1. The van der Waals surface area contributed by atoms with Gasteiger partial charge < -0.3 is 4.90 Å². The molecule has 0 amide bonds. The second-order valence-electron chi connectivity index (χ2n) is 7.50. The maximum Gasteiger partial charge on any atom is 0.199 e. The highest BCUT2D eigenvalue weighted by Crippen LogP contribution is 2.30. The predicted molar refractivity (Wildman–Crippen MR) is 122 cm³/mol. The fraction of sp³-hybridized carbons (Fsp3) is 0.269. The first-order valence-corrected chi connectivity index (χ1v) is 10.1. The van der Waals surface area contributed by atoms with E-state index in [4.69, 9.17) is 0 Å². The Bertz CT molecular complexity index is 891. The summed E-state index contributed by atoms with van der Waals surface area (Å²) in [5, 5.41) is 0. The molecule has 2 aromatic rings. The van der Waals surface area contributed by atoms with Gasteiger partial charge in [-0.1, -0.05) is 55.8 Å². The first kappa shape index (κ1) is 19.9. The molecule has 0 saturated heterocycles. The zero-order valence-corrected chi connectivity index (χ0v) is 17.5. The molecule has 0 N–H and O–H groups in total. The molecular formula is C26H31N2+. The molecule has 144 valence electrons. The summed E-state index contributed by atoms with van der Waals surface area (Å²) in [4.78, 5) is 2.33. The average molecular weight is 372 g/mol. The molecule has 2 heteroatoms. The monoisotopic (exact) mass is 371 g/mol. The van der Waals surface area contributed by atoms with Crippen LogP contribution in [-0.4, -0.2) is 38.0 Å². The molecule has 2 aromatic carbocycles. The van der Waals surface area contributed by atoms with Gasteiger partial charge in [0.15, 0.2) is 5.71 Å². The van der Waals surface area contributed by atoms with Crippen molar-refractivity contribution in [3.63, 3.8) is 0 Å². The van der Waals surface area contributed by atoms with Crippen LogP contribution in [0.1, 0.15) is 30.9 Å². The van der Waals surface area contributed by atoms with E-state index < -0.39 is 0 Å². The van der Waals surface area contributed by atoms with Crippen LogP contribution >= 0.6 is 0 Å². The van der Waals surface area contributed by atoms with Gasteiger partial charge in [-0.15, -0.1) is 0 Å². The Balaban J connectivity index is 2.00. The fourth-order valence-electron chi connectivity index (χ4n) is 3.44. The summed E-state index contributed by atoms with van der Waals surface area (Å²) in [6.07, 6.45) is 11.3. The van der Waals surface area contributed by atoms with Crippen LogP contribution in [0.3, 0.4) is 0 Å². The van der Waals surface area contributed by atoms with Crippen molar-refractivity contribution in [1.82, 2.24) is 0 Å². The lowest BCUT2D eigenvalue weighted by Crippen LogP contribution is -2.18. The van der Waals surface area contributed by atoms with E-state index in [0.29, 0.717) is 0 Å². The molecule has 1 aliphatic rings. The number of nitrogens with zero attached hydrogens (tertiary/aromatic N) is 2. The molecule has 0 aliphatic heterocycles. The highest BCUT2D eigenvalue weighted by atomic mass is 15.1. The summed E-state index contributed by atoms with van der Waals surface area (Å²) in [6.45, 7) is 3.33. The van der Waals surface area contributed by atoms with Crippen molar-refractivity contribution < 1.29 is 4.58 Å². The lowest BCUT2D eigenvalue weighted by Gasteiger charge is -2.20. The lowest BCUT2D eigenvalue weighted by molar-refractivity contribution is -0.462. The van der Waals surface area contributed by atoms with Gasteiger partial charge in [0.1, 0.15) is 14.1 Å². The quantitative estimate of drug-likeness (QED) is 0.602. The van der Waals surface area contributed by atoms with E-state index >= 15 is 0 Å². The third-order valence-electron chi connectivity index (χ3n) is 5.18. The van der Waals surface area contributed by atoms with E-state index in [2.05, 4.69) is 116 Å². The van der Waals surface area contributed by atoms with E-state index in [1.54, 1.807) is 0 Å². The largest absolute Gasteiger partial charge is 0.375 e. The zero-order valence-electron chi connectivity index (χ0n) is 17.5. The topological polar surface area (TPSA) is 6.25 Å². The van der Waals surface area contributed by atoms with E-state index in [-0.39, 0.29) is 0 Å². The highest BCUT2D eigenvalue weighted by Gasteiger charge is 2.13. The van der Waals surface area contributed by atoms with Crippen molar-refractivity contribution in [2.45, 2.75) is 19.8 Å². The number of unbranched alkanes of at least 4 members (excludes halogenated alkanes) is 1. The van der Waals surface area contributed by atoms with Gasteiger partial charge in [0.25, 0.3) is 0 Å². The summed E-state index contributed by atoms with van der Waals surface area (Å²) in [5.74, 6) is 0. The molecule has 28 heavy (non-hydrogen) atoms. The molecule has 1 aliphatic carbocycles. The number of hydrogen-bond donors (Lipinski definition) is 0. The van der Waals surface area contributed by atoms with Crippen LogP contribution in [0.5, 0.6) is 0 Å². The molecule has 3 rings (SSSR count). The minimum atomic E-state index is 1.09. The molecule has 0 bridgehead atoms. The van der Waals surface area contributed by atoms with Crippen molar-refractivity contribution in [3.8, 4) is 0 Å². The summed E-state index contributed by atoms with van der Waals surface area (Å²) < 4.78 is 2.13. The summed E-state index contributed by atoms with van der Waals surface area (Å²) in [5.41, 5.74) is 7.48. The van der Waals surface area contributed by atoms with Gasteiger partial charge in [0, 0.05) is 31.4 Å². The predicted octanol–water partition coefficient (Wildman–Crippen LogP) is 5.56. The molecule has 0 heterocycles. The number of benzene rings is 2. The molecule has 0 saturated carbocycles. The molecular weight excluding hydrogens is 340 g/mol. The Morgan fingerprint density at radius 2 is 1.43 bits per heavy atom. The van der Waals surface area contributed by atoms with Crippen LogP contribution in [0.25, 0.3) is 5.57 Å². The molecule has 0 unspecified atom stereocenters. The summed E-state index contributed by atoms with van der Waals surface area (Å²) >= 11 is 0. The van der Waals surface area contributed by atoms with Gasteiger partial charge in [-0.2, -0.15) is 0 Å². The second kappa shape index (κ2) is 9.36. The molecule has 0 radical (unpaired) electrons. The first-order valence-electron chi connectivity index (χ1n) is 10.1. The third kappa shape index (κ3) is 4.69. The van der Waals surface area contributed by atoms with Gasteiger partial charge in [-0.25, -0.2) is 4.58 Å². The maximum absolute atomic E-state index is 2.33. The molecule has 0 spiro atoms. The summed E-state index contributed by atoms with van der Waals surface area (Å²) in [6, 6.07) is 19.6. The van der Waals surface area contributed by atoms with E-state index in [1.807, 2.05) is 0 Å². The van der Waals surface area contributed by atoms with E-state index in [0.717, 1.165) is 6.54 Å². The molecule has 0 aromatic heterocycles. The minimum absolute atomic E-state index is 1.09. The Morgan fingerprint density at radius 1 is 0.821 bits per heavy atom. The Morgan fingerprint density at radius 3 is 2.00 bits per heavy atom. The maximum atomic E-state index is 2.33. The third-order valence-corrected chi connectivity index (χ3v) is 5.18. The van der Waals surface area contributed by atoms with Crippen LogP contribution < -0.4 is 4.90 Å². The van der Waals surface area contributed by atoms with Gasteiger partial charge in [0.05, 0.1) is 0 Å². The van der Waals surface area contributed by atoms with Gasteiger partial charge in [-0.05, 0) is 53.0 Å². The molecule has 0 atom stereocenters. The smallest absolute Gasteiger partial charge is 0.199 e. The lowest BCUT2D eigenvalue weighted by atomic mass is 9.90. The molecule has 0 fully saturated rings. The Kier molecular flexibility index (Phi) is 6.65. The van der Waals surface area contributed by atoms with Crippen LogP contribution in [0.15, 0.2) is 84.5 Å². The zero-order chi connectivity index (χ0) is 19.9. The summed E-state index contributed by atoms with van der Waals surface area (Å²) in [7, 11) is 6.32. The highest BCUT2D eigenvalue weighted by molar-refractivity contribution is 6.03. The van der Waals surface area contributed by atoms with Crippen molar-refractivity contribution >= 4 is 17.0 Å². The van der Waals surface area contributed by atoms with Crippen LogP contribution in [0, 0.1) is 0 Å². The van der Waals surface area contributed by atoms with E-state index in [9.17, 15) is 0 Å². The first-order chi connectivity index (χ1) is 13.6. The SMILES string of the molecule is CCCCN(C)c1ccc(C(=C2C=CC(=[N+](C)C)C=C2)c2ccccc2)cc1. The number of anilines is 1. The number of rotatable bonds is 6. The average Bonchev–Trinajstić information content (AvgIpc) is 2.74.